The fraction of sp³-hybridized carbons (Fsp3) is 0.190. The number of rotatable bonds is 6. The third-order valence-electron chi connectivity index (χ3n) is 4.00. The van der Waals surface area contributed by atoms with Gasteiger partial charge in [-0.05, 0) is 46.0 Å². The van der Waals surface area contributed by atoms with Crippen molar-refractivity contribution in [2.24, 2.45) is 0 Å². The zero-order chi connectivity index (χ0) is 17.6. The average molecular weight is 335 g/mol. The second kappa shape index (κ2) is 7.81. The van der Waals surface area contributed by atoms with Gasteiger partial charge in [-0.2, -0.15) is 0 Å². The predicted octanol–water partition coefficient (Wildman–Crippen LogP) is 4.01. The first-order valence-corrected chi connectivity index (χ1v) is 8.17. The standard InChI is InChI=1S/C21H21NO3/c1-15(23)22-25-14-19-12-17(10-16-6-4-3-5-7-16)11-18-8-9-20(24-2)13-21(18)19/h3-9,11-13H,10,14H2,1-2H3,(H,22,23). The molecule has 0 aromatic heterocycles. The summed E-state index contributed by atoms with van der Waals surface area (Å²) in [6.07, 6.45) is 0.843. The van der Waals surface area contributed by atoms with Gasteiger partial charge in [0.05, 0.1) is 7.11 Å². The summed E-state index contributed by atoms with van der Waals surface area (Å²) in [5.41, 5.74) is 5.85. The van der Waals surface area contributed by atoms with E-state index >= 15 is 0 Å². The van der Waals surface area contributed by atoms with Crippen LogP contribution in [0.2, 0.25) is 0 Å². The molecule has 1 N–H and O–H groups in total. The molecule has 25 heavy (non-hydrogen) atoms. The van der Waals surface area contributed by atoms with E-state index in [-0.39, 0.29) is 5.91 Å². The van der Waals surface area contributed by atoms with E-state index in [1.54, 1.807) is 7.11 Å². The zero-order valence-electron chi connectivity index (χ0n) is 14.4. The van der Waals surface area contributed by atoms with E-state index in [4.69, 9.17) is 9.57 Å². The summed E-state index contributed by atoms with van der Waals surface area (Å²) in [4.78, 5) is 16.4. The number of benzene rings is 3. The lowest BCUT2D eigenvalue weighted by Gasteiger charge is -2.12. The smallest absolute Gasteiger partial charge is 0.240 e. The minimum atomic E-state index is -0.220. The van der Waals surface area contributed by atoms with Gasteiger partial charge < -0.3 is 4.74 Å². The molecule has 1 amide bonds. The Morgan fingerprint density at radius 3 is 2.52 bits per heavy atom. The van der Waals surface area contributed by atoms with Crippen LogP contribution in [0.3, 0.4) is 0 Å². The molecule has 0 heterocycles. The highest BCUT2D eigenvalue weighted by Crippen LogP contribution is 2.27. The van der Waals surface area contributed by atoms with Crippen LogP contribution in [0.4, 0.5) is 0 Å². The van der Waals surface area contributed by atoms with E-state index < -0.39 is 0 Å². The summed E-state index contributed by atoms with van der Waals surface area (Å²) in [6.45, 7) is 1.72. The monoisotopic (exact) mass is 335 g/mol. The molecule has 0 aliphatic rings. The van der Waals surface area contributed by atoms with Crippen LogP contribution in [0.15, 0.2) is 60.7 Å². The van der Waals surface area contributed by atoms with Crippen LogP contribution in [0, 0.1) is 0 Å². The molecule has 0 saturated carbocycles. The van der Waals surface area contributed by atoms with Gasteiger partial charge in [0.1, 0.15) is 12.4 Å². The van der Waals surface area contributed by atoms with E-state index in [1.807, 2.05) is 36.4 Å². The van der Waals surface area contributed by atoms with Gasteiger partial charge in [-0.1, -0.05) is 48.5 Å². The Kier molecular flexibility index (Phi) is 5.31. The highest BCUT2D eigenvalue weighted by molar-refractivity contribution is 5.88. The molecule has 4 nitrogen and oxygen atoms in total. The Morgan fingerprint density at radius 2 is 1.80 bits per heavy atom. The van der Waals surface area contributed by atoms with E-state index in [1.165, 1.54) is 18.1 Å². The Bertz CT molecular complexity index is 875. The number of hydroxylamine groups is 1. The predicted molar refractivity (Wildman–Crippen MR) is 98.4 cm³/mol. The van der Waals surface area contributed by atoms with E-state index in [9.17, 15) is 4.79 Å². The Labute approximate surface area is 147 Å². The molecule has 0 bridgehead atoms. The summed E-state index contributed by atoms with van der Waals surface area (Å²) >= 11 is 0. The lowest BCUT2D eigenvalue weighted by molar-refractivity contribution is -0.132. The van der Waals surface area contributed by atoms with Crippen molar-refractivity contribution in [2.45, 2.75) is 20.0 Å². The largest absolute Gasteiger partial charge is 0.497 e. The maximum Gasteiger partial charge on any atom is 0.240 e. The van der Waals surface area contributed by atoms with Gasteiger partial charge in [0.25, 0.3) is 0 Å². The van der Waals surface area contributed by atoms with E-state index in [0.29, 0.717) is 6.61 Å². The Morgan fingerprint density at radius 1 is 1.00 bits per heavy atom. The molecule has 0 spiro atoms. The topological polar surface area (TPSA) is 47.6 Å². The lowest BCUT2D eigenvalue weighted by Crippen LogP contribution is -2.19. The van der Waals surface area contributed by atoms with E-state index in [2.05, 4.69) is 29.7 Å². The fourth-order valence-electron chi connectivity index (χ4n) is 2.88. The van der Waals surface area contributed by atoms with Crippen molar-refractivity contribution in [2.75, 3.05) is 7.11 Å². The first kappa shape index (κ1) is 17.0. The number of hydrogen-bond acceptors (Lipinski definition) is 3. The Balaban J connectivity index is 1.96. The molecular formula is C21H21NO3. The van der Waals surface area contributed by atoms with Gasteiger partial charge in [0.2, 0.25) is 5.91 Å². The van der Waals surface area contributed by atoms with Gasteiger partial charge in [0, 0.05) is 6.92 Å². The molecular weight excluding hydrogens is 314 g/mol. The summed E-state index contributed by atoms with van der Waals surface area (Å²) in [7, 11) is 1.65. The molecule has 0 unspecified atom stereocenters. The van der Waals surface area contributed by atoms with Crippen molar-refractivity contribution < 1.29 is 14.4 Å². The highest BCUT2D eigenvalue weighted by Gasteiger charge is 2.08. The summed E-state index contributed by atoms with van der Waals surface area (Å²) in [5, 5.41) is 2.18. The summed E-state index contributed by atoms with van der Waals surface area (Å²) < 4.78 is 5.34. The highest BCUT2D eigenvalue weighted by atomic mass is 16.6. The van der Waals surface area contributed by atoms with Crippen LogP contribution in [-0.4, -0.2) is 13.0 Å². The number of ether oxygens (including phenoxy) is 1. The third kappa shape index (κ3) is 4.37. The molecule has 0 saturated heterocycles. The number of carbonyl (C=O) groups is 1. The van der Waals surface area contributed by atoms with Gasteiger partial charge >= 0.3 is 0 Å². The van der Waals surface area contributed by atoms with Gasteiger partial charge in [0.15, 0.2) is 0 Å². The molecule has 0 aliphatic carbocycles. The van der Waals surface area contributed by atoms with Crippen LogP contribution in [-0.2, 0) is 22.7 Å². The molecule has 0 fully saturated rings. The molecule has 0 radical (unpaired) electrons. The molecule has 3 aromatic rings. The van der Waals surface area contributed by atoms with Crippen molar-refractivity contribution in [3.05, 3.63) is 77.4 Å². The lowest BCUT2D eigenvalue weighted by atomic mass is 9.97. The first-order chi connectivity index (χ1) is 12.2. The fourth-order valence-corrected chi connectivity index (χ4v) is 2.88. The van der Waals surface area contributed by atoms with Crippen LogP contribution >= 0.6 is 0 Å². The van der Waals surface area contributed by atoms with Crippen LogP contribution in [0.5, 0.6) is 5.75 Å². The van der Waals surface area contributed by atoms with Gasteiger partial charge in [-0.15, -0.1) is 0 Å². The number of fused-ring (bicyclic) bond motifs is 1. The number of hydrogen-bond donors (Lipinski definition) is 1. The normalized spacial score (nSPS) is 10.6. The second-order valence-electron chi connectivity index (χ2n) is 5.95. The van der Waals surface area contributed by atoms with E-state index in [0.717, 1.165) is 28.5 Å². The summed E-state index contributed by atoms with van der Waals surface area (Å²) in [5.74, 6) is 0.575. The zero-order valence-corrected chi connectivity index (χ0v) is 14.4. The van der Waals surface area contributed by atoms with Crippen LogP contribution in [0.25, 0.3) is 10.8 Å². The second-order valence-corrected chi connectivity index (χ2v) is 5.95. The van der Waals surface area contributed by atoms with Crippen LogP contribution in [0.1, 0.15) is 23.6 Å². The van der Waals surface area contributed by atoms with Crippen molar-refractivity contribution in [3.63, 3.8) is 0 Å². The minimum Gasteiger partial charge on any atom is -0.497 e. The first-order valence-electron chi connectivity index (χ1n) is 8.17. The molecule has 128 valence electrons. The number of amides is 1. The van der Waals surface area contributed by atoms with Gasteiger partial charge in [-0.25, -0.2) is 5.48 Å². The van der Waals surface area contributed by atoms with Crippen molar-refractivity contribution in [1.29, 1.82) is 0 Å². The quantitative estimate of drug-likeness (QED) is 0.693. The maximum atomic E-state index is 11.0. The van der Waals surface area contributed by atoms with Gasteiger partial charge in [-0.3, -0.25) is 9.63 Å². The van der Waals surface area contributed by atoms with Crippen molar-refractivity contribution in [3.8, 4) is 5.75 Å². The number of carbonyl (C=O) groups excluding carboxylic acids is 1. The molecule has 3 rings (SSSR count). The van der Waals surface area contributed by atoms with Crippen molar-refractivity contribution in [1.82, 2.24) is 5.48 Å². The molecule has 4 heteroatoms. The average Bonchev–Trinajstić information content (AvgIpc) is 2.62. The summed E-state index contributed by atoms with van der Waals surface area (Å²) in [6, 6.07) is 20.6. The number of nitrogens with one attached hydrogen (secondary N) is 1. The molecule has 3 aromatic carbocycles. The van der Waals surface area contributed by atoms with Crippen molar-refractivity contribution >= 4 is 16.7 Å². The maximum absolute atomic E-state index is 11.0. The third-order valence-corrected chi connectivity index (χ3v) is 4.00. The minimum absolute atomic E-state index is 0.220. The number of methoxy groups -OCH3 is 1. The SMILES string of the molecule is COc1ccc2cc(Cc3ccccc3)cc(CONC(C)=O)c2c1. The van der Waals surface area contributed by atoms with Crippen LogP contribution < -0.4 is 10.2 Å². The molecule has 0 atom stereocenters. The molecule has 0 aliphatic heterocycles. The Hall–Kier alpha value is -2.85.